The highest BCUT2D eigenvalue weighted by molar-refractivity contribution is 7.10. The Morgan fingerprint density at radius 1 is 1.35 bits per heavy atom. The molecule has 2 aromatic rings. The van der Waals surface area contributed by atoms with Gasteiger partial charge in [0.2, 0.25) is 0 Å². The van der Waals surface area contributed by atoms with Crippen LogP contribution in [0.15, 0.2) is 29.9 Å². The van der Waals surface area contributed by atoms with E-state index in [0.717, 1.165) is 35.7 Å². The molecule has 23 heavy (non-hydrogen) atoms. The number of pyridine rings is 1. The number of rotatable bonds is 2. The molecule has 1 atom stereocenters. The van der Waals surface area contributed by atoms with Crippen LogP contribution in [0.5, 0.6) is 0 Å². The van der Waals surface area contributed by atoms with Gasteiger partial charge in [-0.3, -0.25) is 9.88 Å². The smallest absolute Gasteiger partial charge is 0.410 e. The van der Waals surface area contributed by atoms with Crippen molar-refractivity contribution in [2.45, 2.75) is 45.3 Å². The minimum absolute atomic E-state index is 0.0189. The number of ether oxygens (including phenoxy) is 1. The van der Waals surface area contributed by atoms with E-state index in [4.69, 9.17) is 9.72 Å². The topological polar surface area (TPSA) is 55.3 Å². The van der Waals surface area contributed by atoms with Crippen molar-refractivity contribution in [1.29, 1.82) is 0 Å². The molecule has 6 heteroatoms. The lowest BCUT2D eigenvalue weighted by Gasteiger charge is -2.27. The normalized spacial score (nSPS) is 18.2. The molecule has 3 heterocycles. The summed E-state index contributed by atoms with van der Waals surface area (Å²) < 4.78 is 5.52. The minimum atomic E-state index is -0.477. The maximum atomic E-state index is 12.4. The van der Waals surface area contributed by atoms with Crippen molar-refractivity contribution in [2.24, 2.45) is 0 Å². The Kier molecular flexibility index (Phi) is 4.35. The monoisotopic (exact) mass is 331 g/mol. The summed E-state index contributed by atoms with van der Waals surface area (Å²) >= 11 is 1.60. The molecule has 0 radical (unpaired) electrons. The van der Waals surface area contributed by atoms with Crippen LogP contribution in [0.2, 0.25) is 0 Å². The van der Waals surface area contributed by atoms with Crippen molar-refractivity contribution in [3.63, 3.8) is 0 Å². The third kappa shape index (κ3) is 3.69. The van der Waals surface area contributed by atoms with Crippen molar-refractivity contribution in [1.82, 2.24) is 14.9 Å². The zero-order valence-electron chi connectivity index (χ0n) is 13.7. The number of carbonyl (C=O) groups is 1. The lowest BCUT2D eigenvalue weighted by atomic mass is 10.2. The summed E-state index contributed by atoms with van der Waals surface area (Å²) in [5, 5.41) is 3.01. The summed E-state index contributed by atoms with van der Waals surface area (Å²) in [6.07, 6.45) is 5.19. The SMILES string of the molecule is CC(C)(C)OC(=O)N1CCC[C@@H]1c1nc(-c2ccncc2)cs1. The van der Waals surface area contributed by atoms with Crippen LogP contribution >= 0.6 is 11.3 Å². The fourth-order valence-electron chi connectivity index (χ4n) is 2.66. The first kappa shape index (κ1) is 15.9. The standard InChI is InChI=1S/C17H21N3O2S/c1-17(2,3)22-16(21)20-10-4-5-14(20)15-19-13(11-23-15)12-6-8-18-9-7-12/h6-9,11,14H,4-5,10H2,1-3H3/t14-/m1/s1. The molecule has 3 rings (SSSR count). The third-order valence-corrected chi connectivity index (χ3v) is 4.61. The lowest BCUT2D eigenvalue weighted by Crippen LogP contribution is -2.36. The van der Waals surface area contributed by atoms with Gasteiger partial charge in [0, 0.05) is 29.9 Å². The van der Waals surface area contributed by atoms with Crippen LogP contribution in [0.1, 0.15) is 44.7 Å². The van der Waals surface area contributed by atoms with E-state index in [1.165, 1.54) is 0 Å². The lowest BCUT2D eigenvalue weighted by molar-refractivity contribution is 0.0224. The fourth-order valence-corrected chi connectivity index (χ4v) is 3.63. The Bertz CT molecular complexity index is 679. The number of hydrogen-bond acceptors (Lipinski definition) is 5. The first-order valence-corrected chi connectivity index (χ1v) is 8.67. The van der Waals surface area contributed by atoms with Crippen LogP contribution in [0.3, 0.4) is 0 Å². The molecule has 1 aliphatic rings. The zero-order valence-corrected chi connectivity index (χ0v) is 14.5. The second-order valence-corrected chi connectivity index (χ2v) is 7.53. The molecule has 0 N–H and O–H groups in total. The van der Waals surface area contributed by atoms with E-state index in [1.807, 2.05) is 38.3 Å². The molecule has 1 saturated heterocycles. The molecule has 0 unspecified atom stereocenters. The van der Waals surface area contributed by atoms with E-state index < -0.39 is 5.60 Å². The Morgan fingerprint density at radius 2 is 2.09 bits per heavy atom. The van der Waals surface area contributed by atoms with Crippen molar-refractivity contribution in [3.05, 3.63) is 34.9 Å². The van der Waals surface area contributed by atoms with Gasteiger partial charge in [0.1, 0.15) is 10.6 Å². The van der Waals surface area contributed by atoms with Gasteiger partial charge in [-0.2, -0.15) is 0 Å². The molecule has 0 aliphatic carbocycles. The number of thiazole rings is 1. The van der Waals surface area contributed by atoms with Gasteiger partial charge in [0.25, 0.3) is 0 Å². The molecule has 2 aromatic heterocycles. The maximum Gasteiger partial charge on any atom is 0.410 e. The molecule has 1 aliphatic heterocycles. The molecular formula is C17H21N3O2S. The van der Waals surface area contributed by atoms with Crippen LogP contribution < -0.4 is 0 Å². The highest BCUT2D eigenvalue weighted by Crippen LogP contribution is 2.36. The number of likely N-dealkylation sites (tertiary alicyclic amines) is 1. The van der Waals surface area contributed by atoms with Crippen LogP contribution in [0.25, 0.3) is 11.3 Å². The molecule has 0 spiro atoms. The van der Waals surface area contributed by atoms with Crippen LogP contribution in [-0.2, 0) is 4.74 Å². The van der Waals surface area contributed by atoms with Gasteiger partial charge in [-0.25, -0.2) is 9.78 Å². The van der Waals surface area contributed by atoms with Crippen molar-refractivity contribution in [2.75, 3.05) is 6.54 Å². The quantitative estimate of drug-likeness (QED) is 0.824. The summed E-state index contributed by atoms with van der Waals surface area (Å²) in [7, 11) is 0. The molecule has 0 bridgehead atoms. The van der Waals surface area contributed by atoms with Crippen molar-refractivity contribution >= 4 is 17.4 Å². The predicted molar refractivity (Wildman–Crippen MR) is 90.3 cm³/mol. The largest absolute Gasteiger partial charge is 0.444 e. The molecule has 5 nitrogen and oxygen atoms in total. The number of nitrogens with zero attached hydrogens (tertiary/aromatic N) is 3. The van der Waals surface area contributed by atoms with Gasteiger partial charge in [0.05, 0.1) is 11.7 Å². The average molecular weight is 331 g/mol. The first-order valence-electron chi connectivity index (χ1n) is 7.79. The predicted octanol–water partition coefficient (Wildman–Crippen LogP) is 4.28. The van der Waals surface area contributed by atoms with Crippen molar-refractivity contribution < 1.29 is 9.53 Å². The number of aromatic nitrogens is 2. The first-order chi connectivity index (χ1) is 10.9. The van der Waals surface area contributed by atoms with Gasteiger partial charge in [0.15, 0.2) is 0 Å². The Labute approximate surface area is 140 Å². The van der Waals surface area contributed by atoms with E-state index in [1.54, 1.807) is 28.6 Å². The molecule has 1 amide bonds. The molecule has 0 aromatic carbocycles. The van der Waals surface area contributed by atoms with Gasteiger partial charge < -0.3 is 4.74 Å². The van der Waals surface area contributed by atoms with E-state index in [9.17, 15) is 4.79 Å². The number of amides is 1. The van der Waals surface area contributed by atoms with Gasteiger partial charge in [-0.1, -0.05) is 0 Å². The fraction of sp³-hybridized carbons (Fsp3) is 0.471. The number of hydrogen-bond donors (Lipinski definition) is 0. The van der Waals surface area contributed by atoms with Gasteiger partial charge in [-0.05, 0) is 45.7 Å². The van der Waals surface area contributed by atoms with E-state index in [2.05, 4.69) is 4.98 Å². The minimum Gasteiger partial charge on any atom is -0.444 e. The maximum absolute atomic E-state index is 12.4. The third-order valence-electron chi connectivity index (χ3n) is 3.66. The highest BCUT2D eigenvalue weighted by Gasteiger charge is 2.34. The molecule has 122 valence electrons. The summed E-state index contributed by atoms with van der Waals surface area (Å²) in [6, 6.07) is 3.91. The highest BCUT2D eigenvalue weighted by atomic mass is 32.1. The number of carbonyl (C=O) groups excluding carboxylic acids is 1. The van der Waals surface area contributed by atoms with Gasteiger partial charge >= 0.3 is 6.09 Å². The van der Waals surface area contributed by atoms with Gasteiger partial charge in [-0.15, -0.1) is 11.3 Å². The Hall–Kier alpha value is -1.95. The molecule has 0 saturated carbocycles. The van der Waals surface area contributed by atoms with Crippen molar-refractivity contribution in [3.8, 4) is 11.3 Å². The summed E-state index contributed by atoms with van der Waals surface area (Å²) in [6.45, 7) is 6.40. The zero-order chi connectivity index (χ0) is 16.4. The van der Waals surface area contributed by atoms with Crippen LogP contribution in [-0.4, -0.2) is 33.1 Å². The molecule has 1 fully saturated rings. The average Bonchev–Trinajstić information content (AvgIpc) is 3.15. The second-order valence-electron chi connectivity index (χ2n) is 6.64. The summed E-state index contributed by atoms with van der Waals surface area (Å²) in [5.74, 6) is 0. The van der Waals surface area contributed by atoms with E-state index in [0.29, 0.717) is 0 Å². The molecular weight excluding hydrogens is 310 g/mol. The van der Waals surface area contributed by atoms with E-state index in [-0.39, 0.29) is 12.1 Å². The van der Waals surface area contributed by atoms with Crippen LogP contribution in [0, 0.1) is 0 Å². The summed E-state index contributed by atoms with van der Waals surface area (Å²) in [5.41, 5.74) is 1.50. The summed E-state index contributed by atoms with van der Waals surface area (Å²) in [4.78, 5) is 23.0. The van der Waals surface area contributed by atoms with E-state index >= 15 is 0 Å². The Morgan fingerprint density at radius 3 is 2.78 bits per heavy atom. The second kappa shape index (κ2) is 6.28. The Balaban J connectivity index is 1.78. The van der Waals surface area contributed by atoms with Crippen LogP contribution in [0.4, 0.5) is 4.79 Å².